The molecule has 0 atom stereocenters. The summed E-state index contributed by atoms with van der Waals surface area (Å²) in [6, 6.07) is 48.2. The Morgan fingerprint density at radius 3 is 0.980 bits per heavy atom. The van der Waals surface area contributed by atoms with Gasteiger partial charge in [-0.05, 0) is 81.4 Å². The number of hydrogen-bond donors (Lipinski definition) is 0. The van der Waals surface area contributed by atoms with Crippen LogP contribution in [0.1, 0.15) is 55.6 Å². The number of benzene rings is 6. The predicted molar refractivity (Wildman–Crippen MR) is 218 cm³/mol. The summed E-state index contributed by atoms with van der Waals surface area (Å²) >= 11 is 5.61. The molecule has 0 amide bonds. The Hall–Kier alpha value is -4.99. The van der Waals surface area contributed by atoms with Crippen LogP contribution in [0.3, 0.4) is 0 Å². The normalized spacial score (nSPS) is 9.26. The lowest BCUT2D eigenvalue weighted by Crippen LogP contribution is -1.89. The summed E-state index contributed by atoms with van der Waals surface area (Å²) in [4.78, 5) is 9.85. The molecule has 6 rings (SSSR count). The molecule has 6 aromatic carbocycles. The van der Waals surface area contributed by atoms with E-state index in [2.05, 4.69) is 134 Å². The van der Waals surface area contributed by atoms with Crippen molar-refractivity contribution in [3.8, 4) is 0 Å². The fraction of sp³-hybridized carbons (Fsp3) is 0.217. The standard InChI is InChI=1S/C9H12.2C8H10.C7H7Cl.C7H7NO2.C7H8/c1-7-4-8(2)6-9(3)5-7;1-7-3-5-8(2)6-4-7;1-7-4-3-5-8(2)6-7;1-6-2-4-7(8)5-3-6;1-6-4-2-3-5-7(6)8(9)10;1-7-5-3-2-4-6-7/h4-6H,1-3H3;2*3-6H,1-2H3;2-5H,1H3;2-5H,1H3;2-6H,1H3. The molecule has 4 heteroatoms. The van der Waals surface area contributed by atoms with Crippen molar-refractivity contribution in [2.24, 2.45) is 0 Å². The number of nitro benzene ring substituents is 1. The maximum Gasteiger partial charge on any atom is 0.272 e. The van der Waals surface area contributed by atoms with Crippen LogP contribution in [0.5, 0.6) is 0 Å². The molecule has 0 unspecified atom stereocenters. The van der Waals surface area contributed by atoms with Crippen LogP contribution in [0.15, 0.2) is 146 Å². The van der Waals surface area contributed by atoms with Gasteiger partial charge < -0.3 is 0 Å². The zero-order chi connectivity index (χ0) is 37.5. The van der Waals surface area contributed by atoms with E-state index in [1.807, 2.05) is 49.4 Å². The highest BCUT2D eigenvalue weighted by molar-refractivity contribution is 6.30. The van der Waals surface area contributed by atoms with E-state index < -0.39 is 0 Å². The lowest BCUT2D eigenvalue weighted by molar-refractivity contribution is -0.385. The molecule has 0 fully saturated rings. The van der Waals surface area contributed by atoms with E-state index in [0.717, 1.165) is 5.02 Å². The van der Waals surface area contributed by atoms with Gasteiger partial charge >= 0.3 is 0 Å². The number of nitrogens with zero attached hydrogens (tertiary/aromatic N) is 1. The summed E-state index contributed by atoms with van der Waals surface area (Å²) in [5.41, 5.74) is 12.8. The van der Waals surface area contributed by atoms with Gasteiger partial charge in [-0.15, -0.1) is 0 Å². The Morgan fingerprint density at radius 2 is 0.700 bits per heavy atom. The second-order valence-corrected chi connectivity index (χ2v) is 12.9. The molecule has 0 aromatic heterocycles. The van der Waals surface area contributed by atoms with Crippen molar-refractivity contribution in [3.63, 3.8) is 0 Å². The Morgan fingerprint density at radius 1 is 0.380 bits per heavy atom. The molecule has 0 aliphatic rings. The Kier molecular flexibility index (Phi) is 20.8. The molecule has 3 nitrogen and oxygen atoms in total. The summed E-state index contributed by atoms with van der Waals surface area (Å²) in [6.07, 6.45) is 0. The minimum Gasteiger partial charge on any atom is -0.258 e. The number of para-hydroxylation sites is 1. The lowest BCUT2D eigenvalue weighted by atomic mass is 10.1. The molecule has 0 aliphatic carbocycles. The highest BCUT2D eigenvalue weighted by Gasteiger charge is 2.06. The van der Waals surface area contributed by atoms with E-state index in [0.29, 0.717) is 5.56 Å². The van der Waals surface area contributed by atoms with E-state index in [-0.39, 0.29) is 10.6 Å². The van der Waals surface area contributed by atoms with Crippen molar-refractivity contribution in [1.29, 1.82) is 0 Å². The summed E-state index contributed by atoms with van der Waals surface area (Å²) in [7, 11) is 0. The minimum absolute atomic E-state index is 0.183. The first kappa shape index (κ1) is 43.0. The molecule has 0 radical (unpaired) electrons. The van der Waals surface area contributed by atoms with Crippen LogP contribution in [0.4, 0.5) is 5.69 Å². The molecular weight excluding hydrogens is 634 g/mol. The predicted octanol–water partition coefficient (Wildman–Crippen LogP) is 13.8. The van der Waals surface area contributed by atoms with Gasteiger partial charge in [0.1, 0.15) is 0 Å². The van der Waals surface area contributed by atoms with Crippen LogP contribution in [-0.4, -0.2) is 4.92 Å². The third kappa shape index (κ3) is 21.1. The van der Waals surface area contributed by atoms with Gasteiger partial charge in [-0.2, -0.15) is 0 Å². The van der Waals surface area contributed by atoms with Gasteiger partial charge in [-0.25, -0.2) is 0 Å². The number of nitro groups is 1. The van der Waals surface area contributed by atoms with Crippen molar-refractivity contribution in [2.45, 2.75) is 69.2 Å². The topological polar surface area (TPSA) is 43.1 Å². The number of hydrogen-bond acceptors (Lipinski definition) is 2. The van der Waals surface area contributed by atoms with E-state index in [1.54, 1.807) is 25.1 Å². The zero-order valence-electron chi connectivity index (χ0n) is 31.5. The first-order chi connectivity index (χ1) is 23.7. The molecule has 262 valence electrons. The average molecular weight is 688 g/mol. The second-order valence-electron chi connectivity index (χ2n) is 12.5. The first-order valence-corrected chi connectivity index (χ1v) is 17.1. The number of halogens is 1. The Labute approximate surface area is 306 Å². The zero-order valence-corrected chi connectivity index (χ0v) is 32.3. The summed E-state index contributed by atoms with van der Waals surface area (Å²) < 4.78 is 0. The molecular formula is C46H54ClNO2. The lowest BCUT2D eigenvalue weighted by Gasteiger charge is -1.96. The number of rotatable bonds is 1. The fourth-order valence-electron chi connectivity index (χ4n) is 4.48. The van der Waals surface area contributed by atoms with E-state index in [4.69, 9.17) is 11.6 Å². The van der Waals surface area contributed by atoms with Gasteiger partial charge in [0.15, 0.2) is 0 Å². The molecule has 0 N–H and O–H groups in total. The first-order valence-electron chi connectivity index (χ1n) is 16.7. The molecule has 0 aliphatic heterocycles. The highest BCUT2D eigenvalue weighted by atomic mass is 35.5. The van der Waals surface area contributed by atoms with Gasteiger partial charge in [0.25, 0.3) is 5.69 Å². The van der Waals surface area contributed by atoms with Crippen LogP contribution in [0.2, 0.25) is 5.02 Å². The van der Waals surface area contributed by atoms with Crippen molar-refractivity contribution in [1.82, 2.24) is 0 Å². The summed E-state index contributed by atoms with van der Waals surface area (Å²) in [6.45, 7) is 20.6. The molecule has 6 aromatic rings. The van der Waals surface area contributed by atoms with Crippen molar-refractivity contribution in [2.75, 3.05) is 0 Å². The third-order valence-corrected chi connectivity index (χ3v) is 7.27. The van der Waals surface area contributed by atoms with Gasteiger partial charge in [0.05, 0.1) is 4.92 Å². The van der Waals surface area contributed by atoms with Gasteiger partial charge in [-0.3, -0.25) is 10.1 Å². The summed E-state index contributed by atoms with van der Waals surface area (Å²) in [5.74, 6) is 0. The van der Waals surface area contributed by atoms with Crippen LogP contribution in [-0.2, 0) is 0 Å². The van der Waals surface area contributed by atoms with Crippen molar-refractivity contribution in [3.05, 3.63) is 216 Å². The number of aryl methyl sites for hydroxylation is 10. The van der Waals surface area contributed by atoms with Crippen LogP contribution in [0.25, 0.3) is 0 Å². The van der Waals surface area contributed by atoms with Gasteiger partial charge in [0, 0.05) is 16.7 Å². The molecule has 0 saturated carbocycles. The highest BCUT2D eigenvalue weighted by Crippen LogP contribution is 2.15. The van der Waals surface area contributed by atoms with Gasteiger partial charge in [0.2, 0.25) is 0 Å². The van der Waals surface area contributed by atoms with Crippen molar-refractivity contribution >= 4 is 17.3 Å². The molecule has 0 heterocycles. The smallest absolute Gasteiger partial charge is 0.258 e. The SMILES string of the molecule is Cc1cc(C)cc(C)c1.Cc1ccc(C)cc1.Cc1ccc(Cl)cc1.Cc1cccc(C)c1.Cc1ccccc1.Cc1ccccc1[N+](=O)[O-]. The average Bonchev–Trinajstić information content (AvgIpc) is 3.05. The molecule has 0 saturated heterocycles. The summed E-state index contributed by atoms with van der Waals surface area (Å²) in [5, 5.41) is 11.0. The van der Waals surface area contributed by atoms with Crippen LogP contribution < -0.4 is 0 Å². The second kappa shape index (κ2) is 24.2. The monoisotopic (exact) mass is 687 g/mol. The Bertz CT molecular complexity index is 1660. The maximum absolute atomic E-state index is 10.2. The van der Waals surface area contributed by atoms with E-state index >= 15 is 0 Å². The molecule has 0 spiro atoms. The fourth-order valence-corrected chi connectivity index (χ4v) is 4.61. The Balaban J connectivity index is 0.000000301. The van der Waals surface area contributed by atoms with Crippen LogP contribution >= 0.6 is 11.6 Å². The quantitative estimate of drug-likeness (QED) is 0.127. The van der Waals surface area contributed by atoms with Gasteiger partial charge in [-0.1, -0.05) is 189 Å². The maximum atomic E-state index is 10.2. The largest absolute Gasteiger partial charge is 0.272 e. The van der Waals surface area contributed by atoms with Crippen molar-refractivity contribution < 1.29 is 4.92 Å². The molecule has 0 bridgehead atoms. The van der Waals surface area contributed by atoms with E-state index in [9.17, 15) is 10.1 Å². The van der Waals surface area contributed by atoms with E-state index in [1.165, 1.54) is 56.1 Å². The molecule has 50 heavy (non-hydrogen) atoms. The third-order valence-electron chi connectivity index (χ3n) is 7.02. The minimum atomic E-state index is -0.380. The van der Waals surface area contributed by atoms with Crippen LogP contribution in [0, 0.1) is 79.4 Å².